The number of hydrazine groups is 1. The highest BCUT2D eigenvalue weighted by atomic mass is 32.1. The average molecular weight is 214 g/mol. The van der Waals surface area contributed by atoms with Gasteiger partial charge in [-0.2, -0.15) is 0 Å². The topological polar surface area (TPSA) is 71.2 Å². The van der Waals surface area contributed by atoms with Crippen LogP contribution >= 0.6 is 11.3 Å². The Hall–Kier alpha value is -0.980. The van der Waals surface area contributed by atoms with Crippen LogP contribution in [0.4, 0.5) is 0 Å². The molecule has 0 fully saturated rings. The summed E-state index contributed by atoms with van der Waals surface area (Å²) in [6.45, 7) is 0.928. The lowest BCUT2D eigenvalue weighted by atomic mass is 10.4. The van der Waals surface area contributed by atoms with Gasteiger partial charge in [-0.05, 0) is 14.1 Å². The van der Waals surface area contributed by atoms with Gasteiger partial charge in [-0.3, -0.25) is 10.2 Å². The average Bonchev–Trinajstić information content (AvgIpc) is 2.62. The minimum absolute atomic E-state index is 0.279. The molecule has 5 nitrogen and oxygen atoms in total. The fourth-order valence-electron chi connectivity index (χ4n) is 0.921. The largest absolute Gasteiger partial charge is 0.309 e. The molecular weight excluding hydrogens is 200 g/mol. The van der Waals surface area contributed by atoms with Gasteiger partial charge in [0.15, 0.2) is 0 Å². The maximum Gasteiger partial charge on any atom is 0.276 e. The van der Waals surface area contributed by atoms with Crippen LogP contribution in [0.25, 0.3) is 0 Å². The third kappa shape index (κ3) is 3.06. The first-order chi connectivity index (χ1) is 6.63. The van der Waals surface area contributed by atoms with E-state index in [1.165, 1.54) is 11.3 Å². The Morgan fingerprint density at radius 3 is 3.00 bits per heavy atom. The summed E-state index contributed by atoms with van der Waals surface area (Å²) < 4.78 is 0. The molecule has 0 aliphatic carbocycles. The first kappa shape index (κ1) is 11.1. The van der Waals surface area contributed by atoms with Gasteiger partial charge in [0.2, 0.25) is 0 Å². The Labute approximate surface area is 86.9 Å². The van der Waals surface area contributed by atoms with E-state index >= 15 is 0 Å². The normalized spacial score (nSPS) is 10.6. The number of aromatic nitrogens is 1. The lowest BCUT2D eigenvalue weighted by Crippen LogP contribution is -2.29. The number of carbonyl (C=O) groups excluding carboxylic acids is 1. The van der Waals surface area contributed by atoms with Crippen LogP contribution < -0.4 is 11.3 Å². The lowest BCUT2D eigenvalue weighted by molar-refractivity contribution is 0.0957. The second-order valence-corrected chi connectivity index (χ2v) is 4.26. The van der Waals surface area contributed by atoms with Crippen molar-refractivity contribution in [3.05, 3.63) is 16.1 Å². The molecule has 0 aromatic carbocycles. The predicted molar refractivity (Wildman–Crippen MR) is 56.0 cm³/mol. The lowest BCUT2D eigenvalue weighted by Gasteiger charge is -2.06. The number of thiazole rings is 1. The quantitative estimate of drug-likeness (QED) is 0.415. The van der Waals surface area contributed by atoms with Gasteiger partial charge in [0.25, 0.3) is 5.91 Å². The van der Waals surface area contributed by atoms with E-state index in [0.29, 0.717) is 4.88 Å². The molecule has 0 aliphatic heterocycles. The highest BCUT2D eigenvalue weighted by Gasteiger charge is 2.08. The molecule has 0 saturated carbocycles. The van der Waals surface area contributed by atoms with Crippen molar-refractivity contribution in [3.63, 3.8) is 0 Å². The van der Waals surface area contributed by atoms with Gasteiger partial charge in [-0.25, -0.2) is 10.8 Å². The zero-order chi connectivity index (χ0) is 10.6. The van der Waals surface area contributed by atoms with E-state index in [9.17, 15) is 4.79 Å². The molecule has 1 heterocycles. The van der Waals surface area contributed by atoms with Crippen molar-refractivity contribution >= 4 is 17.2 Å². The standard InChI is InChI=1S/C8H14N4OS/c1-12(2)4-3-7-10-5-6(14-7)8(13)11-9/h5H,3-4,9H2,1-2H3,(H,11,13). The molecule has 0 aliphatic rings. The van der Waals surface area contributed by atoms with E-state index in [4.69, 9.17) is 5.84 Å². The fraction of sp³-hybridized carbons (Fsp3) is 0.500. The maximum absolute atomic E-state index is 11.1. The van der Waals surface area contributed by atoms with Crippen LogP contribution in [0.1, 0.15) is 14.7 Å². The molecule has 0 radical (unpaired) electrons. The summed E-state index contributed by atoms with van der Waals surface area (Å²) in [4.78, 5) is 17.9. The minimum atomic E-state index is -0.279. The summed E-state index contributed by atoms with van der Waals surface area (Å²) in [6.07, 6.45) is 2.41. The molecule has 3 N–H and O–H groups in total. The Morgan fingerprint density at radius 1 is 1.71 bits per heavy atom. The number of nitrogen functional groups attached to an aromatic ring is 1. The Balaban J connectivity index is 2.55. The predicted octanol–water partition coefficient (Wildman–Crippen LogP) is -0.149. The second kappa shape index (κ2) is 5.04. The van der Waals surface area contributed by atoms with Crippen LogP contribution in [0.2, 0.25) is 0 Å². The molecule has 1 aromatic heterocycles. The zero-order valence-electron chi connectivity index (χ0n) is 8.28. The van der Waals surface area contributed by atoms with Crippen molar-refractivity contribution in [2.75, 3.05) is 20.6 Å². The summed E-state index contributed by atoms with van der Waals surface area (Å²) in [6, 6.07) is 0. The summed E-state index contributed by atoms with van der Waals surface area (Å²) in [7, 11) is 4.00. The van der Waals surface area contributed by atoms with Crippen LogP contribution in [0.5, 0.6) is 0 Å². The van der Waals surface area contributed by atoms with Crippen molar-refractivity contribution < 1.29 is 4.79 Å². The number of rotatable bonds is 4. The fourth-order valence-corrected chi connectivity index (χ4v) is 1.73. The van der Waals surface area contributed by atoms with Gasteiger partial charge in [0, 0.05) is 13.0 Å². The molecular formula is C8H14N4OS. The number of hydrogen-bond donors (Lipinski definition) is 2. The Morgan fingerprint density at radius 2 is 2.43 bits per heavy atom. The van der Waals surface area contributed by atoms with E-state index in [1.807, 2.05) is 14.1 Å². The van der Waals surface area contributed by atoms with Crippen LogP contribution in [0.15, 0.2) is 6.20 Å². The van der Waals surface area contributed by atoms with Crippen LogP contribution in [0, 0.1) is 0 Å². The van der Waals surface area contributed by atoms with Crippen LogP contribution in [-0.2, 0) is 6.42 Å². The number of nitrogens with one attached hydrogen (secondary N) is 1. The van der Waals surface area contributed by atoms with Crippen molar-refractivity contribution in [1.82, 2.24) is 15.3 Å². The molecule has 0 saturated heterocycles. The van der Waals surface area contributed by atoms with Gasteiger partial charge in [0.05, 0.1) is 11.2 Å². The molecule has 1 amide bonds. The van der Waals surface area contributed by atoms with E-state index in [1.54, 1.807) is 6.20 Å². The Bertz CT molecular complexity index is 310. The van der Waals surface area contributed by atoms with Crippen molar-refractivity contribution in [2.24, 2.45) is 5.84 Å². The molecule has 6 heteroatoms. The maximum atomic E-state index is 11.1. The summed E-state index contributed by atoms with van der Waals surface area (Å²) in [5, 5.41) is 0.956. The van der Waals surface area contributed by atoms with Gasteiger partial charge >= 0.3 is 0 Å². The monoisotopic (exact) mass is 214 g/mol. The smallest absolute Gasteiger partial charge is 0.276 e. The molecule has 14 heavy (non-hydrogen) atoms. The highest BCUT2D eigenvalue weighted by Crippen LogP contribution is 2.12. The van der Waals surface area contributed by atoms with Gasteiger partial charge in [-0.15, -0.1) is 11.3 Å². The molecule has 0 unspecified atom stereocenters. The zero-order valence-corrected chi connectivity index (χ0v) is 9.10. The Kier molecular flexibility index (Phi) is 3.99. The van der Waals surface area contributed by atoms with E-state index < -0.39 is 0 Å². The highest BCUT2D eigenvalue weighted by molar-refractivity contribution is 7.13. The minimum Gasteiger partial charge on any atom is -0.309 e. The third-order valence-corrected chi connectivity index (χ3v) is 2.74. The molecule has 0 spiro atoms. The molecule has 0 atom stereocenters. The first-order valence-electron chi connectivity index (χ1n) is 4.24. The second-order valence-electron chi connectivity index (χ2n) is 3.14. The van der Waals surface area contributed by atoms with Crippen molar-refractivity contribution in [3.8, 4) is 0 Å². The number of carbonyl (C=O) groups is 1. The summed E-state index contributed by atoms with van der Waals surface area (Å²) >= 11 is 1.38. The van der Waals surface area contributed by atoms with Crippen molar-refractivity contribution in [1.29, 1.82) is 0 Å². The molecule has 0 bridgehead atoms. The van der Waals surface area contributed by atoms with Gasteiger partial charge in [0.1, 0.15) is 4.88 Å². The van der Waals surface area contributed by atoms with E-state index in [0.717, 1.165) is 18.0 Å². The van der Waals surface area contributed by atoms with Gasteiger partial charge in [-0.1, -0.05) is 0 Å². The van der Waals surface area contributed by atoms with Gasteiger partial charge < -0.3 is 4.90 Å². The third-order valence-electron chi connectivity index (χ3n) is 1.68. The summed E-state index contributed by atoms with van der Waals surface area (Å²) in [5.41, 5.74) is 2.08. The molecule has 1 rings (SSSR count). The SMILES string of the molecule is CN(C)CCc1ncc(C(=O)NN)s1. The molecule has 78 valence electrons. The number of likely N-dealkylation sites (N-methyl/N-ethyl adjacent to an activating group) is 1. The van der Waals surface area contributed by atoms with E-state index in [-0.39, 0.29) is 5.91 Å². The van der Waals surface area contributed by atoms with Crippen LogP contribution in [-0.4, -0.2) is 36.4 Å². The number of nitrogens with two attached hydrogens (primary N) is 1. The number of nitrogens with zero attached hydrogens (tertiary/aromatic N) is 2. The number of amides is 1. The van der Waals surface area contributed by atoms with E-state index in [2.05, 4.69) is 15.3 Å². The van der Waals surface area contributed by atoms with Crippen LogP contribution in [0.3, 0.4) is 0 Å². The first-order valence-corrected chi connectivity index (χ1v) is 5.05. The summed E-state index contributed by atoms with van der Waals surface area (Å²) in [5.74, 6) is 4.73. The number of hydrogen-bond acceptors (Lipinski definition) is 5. The van der Waals surface area contributed by atoms with Crippen molar-refractivity contribution in [2.45, 2.75) is 6.42 Å². The molecule has 1 aromatic rings.